The van der Waals surface area contributed by atoms with Crippen LogP contribution in [0.2, 0.25) is 0 Å². The Balaban J connectivity index is 2.75. The van der Waals surface area contributed by atoms with Gasteiger partial charge in [0.2, 0.25) is 0 Å². The van der Waals surface area contributed by atoms with Gasteiger partial charge in [-0.3, -0.25) is 0 Å². The molecule has 0 aliphatic carbocycles. The Labute approximate surface area is 132 Å². The molecule has 0 fully saturated rings. The highest BCUT2D eigenvalue weighted by atomic mass is 31.0. The molecule has 21 heavy (non-hydrogen) atoms. The average molecular weight is 298 g/mol. The van der Waals surface area contributed by atoms with E-state index in [-0.39, 0.29) is 10.8 Å². The molecule has 112 valence electrons. The number of benzene rings is 2. The molecule has 0 saturated heterocycles. The van der Waals surface area contributed by atoms with Crippen molar-refractivity contribution in [2.24, 2.45) is 0 Å². The van der Waals surface area contributed by atoms with Gasteiger partial charge in [0.1, 0.15) is 0 Å². The minimum absolute atomic E-state index is 0.129. The molecule has 1 atom stereocenters. The molecule has 0 saturated carbocycles. The summed E-state index contributed by atoms with van der Waals surface area (Å²) in [5.74, 6) is 0. The van der Waals surface area contributed by atoms with Crippen LogP contribution in [0.5, 0.6) is 0 Å². The largest absolute Gasteiger partial charge is 0.105 e. The summed E-state index contributed by atoms with van der Waals surface area (Å²) >= 11 is 0. The minimum atomic E-state index is 0.129. The molecule has 2 rings (SSSR count). The lowest BCUT2D eigenvalue weighted by Gasteiger charge is -2.32. The maximum Gasteiger partial charge on any atom is -0.0109 e. The van der Waals surface area contributed by atoms with Crippen LogP contribution in [0.25, 0.3) is 11.1 Å². The summed E-state index contributed by atoms with van der Waals surface area (Å²) in [6.07, 6.45) is 0. The van der Waals surface area contributed by atoms with Gasteiger partial charge in [-0.1, -0.05) is 84.0 Å². The minimum Gasteiger partial charge on any atom is -0.105 e. The molecule has 0 bridgehead atoms. The fourth-order valence-electron chi connectivity index (χ4n) is 2.92. The average Bonchev–Trinajstić information content (AvgIpc) is 2.36. The monoisotopic (exact) mass is 298 g/mol. The highest BCUT2D eigenvalue weighted by Crippen LogP contribution is 2.36. The third-order valence-corrected chi connectivity index (χ3v) is 4.49. The fraction of sp³-hybridized carbons (Fsp3) is 0.400. The summed E-state index contributed by atoms with van der Waals surface area (Å²) in [5, 5.41) is 1.33. The zero-order valence-electron chi connectivity index (χ0n) is 14.1. The molecule has 0 N–H and O–H groups in total. The van der Waals surface area contributed by atoms with Gasteiger partial charge in [0.25, 0.3) is 0 Å². The van der Waals surface area contributed by atoms with Crippen LogP contribution < -0.4 is 5.30 Å². The van der Waals surface area contributed by atoms with Gasteiger partial charge in [0.15, 0.2) is 0 Å². The SMILES string of the molecule is CC(C)(C)c1ccc(-c2ccccc2)c(P)c1C(C)(C)C. The van der Waals surface area contributed by atoms with E-state index in [1.165, 1.54) is 27.6 Å². The molecular formula is C20H27P. The van der Waals surface area contributed by atoms with E-state index in [2.05, 4.69) is 93.2 Å². The van der Waals surface area contributed by atoms with Crippen molar-refractivity contribution in [3.63, 3.8) is 0 Å². The van der Waals surface area contributed by atoms with Crippen LogP contribution >= 0.6 is 9.24 Å². The van der Waals surface area contributed by atoms with Gasteiger partial charge in [-0.05, 0) is 38.4 Å². The summed E-state index contributed by atoms with van der Waals surface area (Å²) < 4.78 is 0. The summed E-state index contributed by atoms with van der Waals surface area (Å²) in [7, 11) is 3.00. The fourth-order valence-corrected chi connectivity index (χ4v) is 3.77. The predicted molar refractivity (Wildman–Crippen MR) is 98.6 cm³/mol. The van der Waals surface area contributed by atoms with Crippen LogP contribution in [0.15, 0.2) is 42.5 Å². The van der Waals surface area contributed by atoms with E-state index in [9.17, 15) is 0 Å². The van der Waals surface area contributed by atoms with E-state index in [1.54, 1.807) is 0 Å². The molecular weight excluding hydrogens is 271 g/mol. The van der Waals surface area contributed by atoms with Gasteiger partial charge in [0.05, 0.1) is 0 Å². The first-order valence-electron chi connectivity index (χ1n) is 7.61. The molecule has 0 aliphatic heterocycles. The Morgan fingerprint density at radius 1 is 0.714 bits per heavy atom. The smallest absolute Gasteiger partial charge is 0.0109 e. The highest BCUT2D eigenvalue weighted by molar-refractivity contribution is 7.28. The van der Waals surface area contributed by atoms with E-state index in [4.69, 9.17) is 0 Å². The normalized spacial score (nSPS) is 12.5. The Kier molecular flexibility index (Phi) is 4.31. The van der Waals surface area contributed by atoms with Crippen LogP contribution in [0.4, 0.5) is 0 Å². The zero-order valence-corrected chi connectivity index (χ0v) is 15.3. The number of rotatable bonds is 1. The summed E-state index contributed by atoms with van der Waals surface area (Å²) in [4.78, 5) is 0. The van der Waals surface area contributed by atoms with Crippen molar-refractivity contribution in [1.29, 1.82) is 0 Å². The molecule has 0 aromatic heterocycles. The van der Waals surface area contributed by atoms with Crippen LogP contribution in [-0.4, -0.2) is 0 Å². The van der Waals surface area contributed by atoms with Crippen molar-refractivity contribution in [2.75, 3.05) is 0 Å². The van der Waals surface area contributed by atoms with Crippen molar-refractivity contribution in [3.05, 3.63) is 53.6 Å². The van der Waals surface area contributed by atoms with Gasteiger partial charge in [-0.25, -0.2) is 0 Å². The van der Waals surface area contributed by atoms with Gasteiger partial charge >= 0.3 is 0 Å². The number of hydrogen-bond donors (Lipinski definition) is 0. The van der Waals surface area contributed by atoms with Gasteiger partial charge < -0.3 is 0 Å². The highest BCUT2D eigenvalue weighted by Gasteiger charge is 2.27. The third-order valence-electron chi connectivity index (χ3n) is 3.89. The zero-order chi connectivity index (χ0) is 15.8. The summed E-state index contributed by atoms with van der Waals surface area (Å²) in [6.45, 7) is 13.8. The van der Waals surface area contributed by atoms with E-state index in [1.807, 2.05) is 0 Å². The Bertz CT molecular complexity index is 625. The van der Waals surface area contributed by atoms with Crippen molar-refractivity contribution >= 4 is 14.5 Å². The molecule has 2 aromatic carbocycles. The lowest BCUT2D eigenvalue weighted by molar-refractivity contribution is 0.533. The molecule has 2 aromatic rings. The van der Waals surface area contributed by atoms with E-state index in [0.717, 1.165) is 0 Å². The lowest BCUT2D eigenvalue weighted by atomic mass is 9.74. The molecule has 0 aliphatic rings. The summed E-state index contributed by atoms with van der Waals surface area (Å²) in [6, 6.07) is 15.2. The van der Waals surface area contributed by atoms with Crippen molar-refractivity contribution in [1.82, 2.24) is 0 Å². The Hall–Kier alpha value is -1.13. The maximum atomic E-state index is 3.00. The quantitative estimate of drug-likeness (QED) is 0.614. The van der Waals surface area contributed by atoms with Crippen molar-refractivity contribution < 1.29 is 0 Å². The second kappa shape index (κ2) is 5.58. The van der Waals surface area contributed by atoms with Gasteiger partial charge in [-0.2, -0.15) is 0 Å². The number of hydrogen-bond acceptors (Lipinski definition) is 0. The standard InChI is InChI=1S/C20H27P/c1-19(2,3)16-13-12-15(14-10-8-7-9-11-14)18(21)17(16)20(4,5)6/h7-13H,21H2,1-6H3. The molecule has 0 radical (unpaired) electrons. The molecule has 0 amide bonds. The van der Waals surface area contributed by atoms with Crippen LogP contribution in [-0.2, 0) is 10.8 Å². The second-order valence-electron chi connectivity index (χ2n) is 7.82. The van der Waals surface area contributed by atoms with E-state index >= 15 is 0 Å². The molecule has 0 spiro atoms. The Morgan fingerprint density at radius 3 is 1.76 bits per heavy atom. The van der Waals surface area contributed by atoms with Crippen molar-refractivity contribution in [2.45, 2.75) is 52.4 Å². The van der Waals surface area contributed by atoms with Gasteiger partial charge in [0, 0.05) is 0 Å². The first-order chi connectivity index (χ1) is 9.62. The molecule has 1 heteroatoms. The maximum absolute atomic E-state index is 3.00. The van der Waals surface area contributed by atoms with Crippen LogP contribution in [0, 0.1) is 0 Å². The first kappa shape index (κ1) is 16.2. The molecule has 0 nitrogen and oxygen atoms in total. The van der Waals surface area contributed by atoms with Crippen molar-refractivity contribution in [3.8, 4) is 11.1 Å². The predicted octanol–water partition coefficient (Wildman–Crippen LogP) is 5.45. The molecule has 0 heterocycles. The topological polar surface area (TPSA) is 0 Å². The Morgan fingerprint density at radius 2 is 1.29 bits per heavy atom. The lowest BCUT2D eigenvalue weighted by Crippen LogP contribution is -2.28. The first-order valence-corrected chi connectivity index (χ1v) is 8.19. The summed E-state index contributed by atoms with van der Waals surface area (Å²) in [5.41, 5.74) is 5.79. The van der Waals surface area contributed by atoms with E-state index < -0.39 is 0 Å². The molecule has 1 unspecified atom stereocenters. The van der Waals surface area contributed by atoms with Crippen LogP contribution in [0.1, 0.15) is 52.7 Å². The van der Waals surface area contributed by atoms with Gasteiger partial charge in [-0.15, -0.1) is 9.24 Å². The van der Waals surface area contributed by atoms with Crippen LogP contribution in [0.3, 0.4) is 0 Å². The second-order valence-corrected chi connectivity index (χ2v) is 8.39. The van der Waals surface area contributed by atoms with E-state index in [0.29, 0.717) is 0 Å². The third kappa shape index (κ3) is 3.38.